The van der Waals surface area contributed by atoms with Gasteiger partial charge in [-0.2, -0.15) is 0 Å². The highest BCUT2D eigenvalue weighted by Gasteiger charge is 2.32. The van der Waals surface area contributed by atoms with Gasteiger partial charge in [-0.05, 0) is 48.8 Å². The summed E-state index contributed by atoms with van der Waals surface area (Å²) >= 11 is 6.10. The molecule has 0 aliphatic heterocycles. The van der Waals surface area contributed by atoms with Crippen molar-refractivity contribution in [2.45, 2.75) is 19.3 Å². The van der Waals surface area contributed by atoms with Crippen molar-refractivity contribution < 1.29 is 9.18 Å². The summed E-state index contributed by atoms with van der Waals surface area (Å²) in [5.74, 6) is -0.0407. The van der Waals surface area contributed by atoms with E-state index in [0.29, 0.717) is 23.9 Å². The van der Waals surface area contributed by atoms with E-state index in [1.807, 2.05) is 0 Å². The molecule has 1 saturated carbocycles. The van der Waals surface area contributed by atoms with E-state index < -0.39 is 11.6 Å². The van der Waals surface area contributed by atoms with Gasteiger partial charge < -0.3 is 5.32 Å². The minimum Gasteiger partial charge on any atom is -0.349 e. The lowest BCUT2D eigenvalue weighted by molar-refractivity contribution is 0.0934. The Balaban J connectivity index is 1.64. The number of nitrogens with one attached hydrogen (secondary N) is 2. The fourth-order valence-electron chi connectivity index (χ4n) is 2.76. The number of rotatable bonds is 6. The number of aromatic nitrogens is 3. The van der Waals surface area contributed by atoms with Crippen molar-refractivity contribution in [1.82, 2.24) is 20.1 Å². The minimum atomic E-state index is -0.433. The molecule has 2 N–H and O–H groups in total. The molecule has 1 aliphatic rings. The van der Waals surface area contributed by atoms with Crippen LogP contribution in [0.25, 0.3) is 0 Å². The molecule has 0 spiro atoms. The lowest BCUT2D eigenvalue weighted by Crippen LogP contribution is -2.32. The van der Waals surface area contributed by atoms with Crippen LogP contribution in [-0.4, -0.2) is 27.2 Å². The molecular weight excluding hydrogens is 335 g/mol. The molecular formula is C16H18ClFN4O2. The van der Waals surface area contributed by atoms with Gasteiger partial charge in [0.15, 0.2) is 0 Å². The van der Waals surface area contributed by atoms with Crippen LogP contribution in [0.4, 0.5) is 4.39 Å². The van der Waals surface area contributed by atoms with Gasteiger partial charge in [0, 0.05) is 18.6 Å². The van der Waals surface area contributed by atoms with E-state index in [0.717, 1.165) is 23.1 Å². The van der Waals surface area contributed by atoms with Crippen LogP contribution in [0.5, 0.6) is 0 Å². The molecule has 1 aromatic heterocycles. The smallest absolute Gasteiger partial charge is 0.343 e. The number of carbonyl (C=O) groups is 1. The van der Waals surface area contributed by atoms with E-state index in [1.165, 1.54) is 19.2 Å². The molecule has 0 unspecified atom stereocenters. The topological polar surface area (TPSA) is 79.8 Å². The zero-order valence-electron chi connectivity index (χ0n) is 13.2. The van der Waals surface area contributed by atoms with Crippen molar-refractivity contribution in [3.8, 4) is 0 Å². The summed E-state index contributed by atoms with van der Waals surface area (Å²) in [5.41, 5.74) is 0.437. The van der Waals surface area contributed by atoms with Gasteiger partial charge in [0.1, 0.15) is 5.82 Å². The summed E-state index contributed by atoms with van der Waals surface area (Å²) in [6.07, 6.45) is 2.89. The van der Waals surface area contributed by atoms with Gasteiger partial charge in [0.05, 0.1) is 0 Å². The number of nitrogens with zero attached hydrogens (tertiary/aromatic N) is 2. The van der Waals surface area contributed by atoms with E-state index >= 15 is 0 Å². The molecule has 1 aromatic carbocycles. The molecule has 0 saturated heterocycles. The minimum absolute atomic E-state index is 0.00291. The fourth-order valence-corrected chi connectivity index (χ4v) is 3.00. The van der Waals surface area contributed by atoms with Crippen LogP contribution >= 0.6 is 11.6 Å². The lowest BCUT2D eigenvalue weighted by Gasteiger charge is -2.17. The SMILES string of the molecule is Cn1nc(C(=O)NC[C@@H](Cc2ccc(F)cc2Cl)C2CC2)[nH]c1=O. The number of amides is 1. The molecule has 0 bridgehead atoms. The first kappa shape index (κ1) is 16.7. The summed E-state index contributed by atoms with van der Waals surface area (Å²) in [4.78, 5) is 25.8. The molecule has 1 amide bonds. The second kappa shape index (κ2) is 6.76. The highest BCUT2D eigenvalue weighted by atomic mass is 35.5. The highest BCUT2D eigenvalue weighted by molar-refractivity contribution is 6.31. The largest absolute Gasteiger partial charge is 0.349 e. The Morgan fingerprint density at radius 3 is 2.88 bits per heavy atom. The second-order valence-corrected chi connectivity index (χ2v) is 6.56. The van der Waals surface area contributed by atoms with Crippen molar-refractivity contribution in [3.05, 3.63) is 50.9 Å². The first-order chi connectivity index (χ1) is 11.4. The van der Waals surface area contributed by atoms with E-state index in [2.05, 4.69) is 15.4 Å². The molecule has 1 heterocycles. The van der Waals surface area contributed by atoms with Gasteiger partial charge in [0.2, 0.25) is 5.82 Å². The zero-order valence-corrected chi connectivity index (χ0v) is 13.9. The Bertz CT molecular complexity index is 813. The third-order valence-corrected chi connectivity index (χ3v) is 4.65. The molecule has 6 nitrogen and oxygen atoms in total. The number of aromatic amines is 1. The van der Waals surface area contributed by atoms with Gasteiger partial charge in [-0.25, -0.2) is 13.9 Å². The summed E-state index contributed by atoms with van der Waals surface area (Å²) in [6, 6.07) is 4.38. The Morgan fingerprint density at radius 2 is 2.29 bits per heavy atom. The maximum Gasteiger partial charge on any atom is 0.343 e. The predicted octanol–water partition coefficient (Wildman–Crippen LogP) is 1.90. The molecule has 0 radical (unpaired) electrons. The number of aryl methyl sites for hydroxylation is 1. The molecule has 24 heavy (non-hydrogen) atoms. The number of hydrogen-bond acceptors (Lipinski definition) is 3. The van der Waals surface area contributed by atoms with Crippen molar-refractivity contribution in [1.29, 1.82) is 0 Å². The number of benzene rings is 1. The number of hydrogen-bond donors (Lipinski definition) is 2. The normalized spacial score (nSPS) is 15.3. The van der Waals surface area contributed by atoms with Crippen molar-refractivity contribution in [3.63, 3.8) is 0 Å². The van der Waals surface area contributed by atoms with Crippen molar-refractivity contribution in [2.24, 2.45) is 18.9 Å². The molecule has 128 valence electrons. The van der Waals surface area contributed by atoms with Crippen LogP contribution in [0.15, 0.2) is 23.0 Å². The van der Waals surface area contributed by atoms with E-state index in [9.17, 15) is 14.0 Å². The zero-order chi connectivity index (χ0) is 17.3. The van der Waals surface area contributed by atoms with Crippen molar-refractivity contribution in [2.75, 3.05) is 6.54 Å². The quantitative estimate of drug-likeness (QED) is 0.833. The molecule has 8 heteroatoms. The van der Waals surface area contributed by atoms with Crippen LogP contribution in [0.2, 0.25) is 5.02 Å². The van der Waals surface area contributed by atoms with Crippen LogP contribution in [-0.2, 0) is 13.5 Å². The third kappa shape index (κ3) is 3.84. The number of carbonyl (C=O) groups excluding carboxylic acids is 1. The summed E-state index contributed by atoms with van der Waals surface area (Å²) < 4.78 is 14.2. The number of H-pyrrole nitrogens is 1. The van der Waals surface area contributed by atoms with E-state index in [4.69, 9.17) is 11.6 Å². The summed E-state index contributed by atoms with van der Waals surface area (Å²) in [6.45, 7) is 0.454. The Hall–Kier alpha value is -2.15. The first-order valence-electron chi connectivity index (χ1n) is 7.79. The molecule has 1 aliphatic carbocycles. The van der Waals surface area contributed by atoms with E-state index in [1.54, 1.807) is 6.07 Å². The molecule has 2 aromatic rings. The standard InChI is InChI=1S/C16H18ClFN4O2/c1-22-16(24)20-14(21-22)15(23)19-8-11(9-2-3-9)6-10-4-5-12(18)7-13(10)17/h4-5,7,9,11H,2-3,6,8H2,1H3,(H,19,23)(H,20,21,24)/t11-/m1/s1. The van der Waals surface area contributed by atoms with Gasteiger partial charge in [-0.1, -0.05) is 17.7 Å². The van der Waals surface area contributed by atoms with Crippen molar-refractivity contribution >= 4 is 17.5 Å². The Kier molecular flexibility index (Phi) is 4.71. The molecule has 3 rings (SSSR count). The highest BCUT2D eigenvalue weighted by Crippen LogP contribution is 2.39. The van der Waals surface area contributed by atoms with Crippen LogP contribution in [0.3, 0.4) is 0 Å². The van der Waals surface area contributed by atoms with Crippen LogP contribution in [0, 0.1) is 17.7 Å². The van der Waals surface area contributed by atoms with Gasteiger partial charge in [-0.3, -0.25) is 9.78 Å². The Labute approximate surface area is 143 Å². The van der Waals surface area contributed by atoms with Crippen LogP contribution in [0.1, 0.15) is 29.0 Å². The Morgan fingerprint density at radius 1 is 1.54 bits per heavy atom. The predicted molar refractivity (Wildman–Crippen MR) is 87.5 cm³/mol. The second-order valence-electron chi connectivity index (χ2n) is 6.15. The fraction of sp³-hybridized carbons (Fsp3) is 0.438. The van der Waals surface area contributed by atoms with Gasteiger partial charge in [0.25, 0.3) is 5.91 Å². The van der Waals surface area contributed by atoms with Gasteiger partial charge in [-0.15, -0.1) is 5.10 Å². The maximum atomic E-state index is 13.2. The van der Waals surface area contributed by atoms with E-state index in [-0.39, 0.29) is 17.6 Å². The molecule has 1 fully saturated rings. The summed E-state index contributed by atoms with van der Waals surface area (Å²) in [5, 5.41) is 7.04. The molecule has 1 atom stereocenters. The number of halogens is 2. The third-order valence-electron chi connectivity index (χ3n) is 4.30. The van der Waals surface area contributed by atoms with Gasteiger partial charge >= 0.3 is 5.69 Å². The summed E-state index contributed by atoms with van der Waals surface area (Å²) in [7, 11) is 1.47. The monoisotopic (exact) mass is 352 g/mol. The lowest BCUT2D eigenvalue weighted by atomic mass is 9.94. The average molecular weight is 353 g/mol. The maximum absolute atomic E-state index is 13.2. The van der Waals surface area contributed by atoms with Crippen LogP contribution < -0.4 is 11.0 Å². The first-order valence-corrected chi connectivity index (χ1v) is 8.17. The average Bonchev–Trinajstić information content (AvgIpc) is 3.31.